The monoisotopic (exact) mass is 230 g/mol. The summed E-state index contributed by atoms with van der Waals surface area (Å²) in [7, 11) is 4.08. The summed E-state index contributed by atoms with van der Waals surface area (Å²) in [6.45, 7) is 1.63. The molecule has 1 aromatic carbocycles. The van der Waals surface area contributed by atoms with Gasteiger partial charge in [-0.05, 0) is 26.6 Å². The Morgan fingerprint density at radius 1 is 1.29 bits per heavy atom. The van der Waals surface area contributed by atoms with Crippen molar-refractivity contribution in [2.45, 2.75) is 6.42 Å². The normalized spacial score (nSPS) is 11.0. The third kappa shape index (κ3) is 3.39. The fourth-order valence-corrected chi connectivity index (χ4v) is 1.51. The first kappa shape index (κ1) is 11.8. The van der Waals surface area contributed by atoms with E-state index in [2.05, 4.69) is 21.1 Å². The molecule has 1 heterocycles. The van der Waals surface area contributed by atoms with Gasteiger partial charge in [0.15, 0.2) is 0 Å². The fourth-order valence-electron chi connectivity index (χ4n) is 1.51. The zero-order chi connectivity index (χ0) is 12.1. The summed E-state index contributed by atoms with van der Waals surface area (Å²) < 4.78 is 5.48. The van der Waals surface area contributed by atoms with Crippen LogP contribution in [0.3, 0.4) is 0 Å². The summed E-state index contributed by atoms with van der Waals surface area (Å²) in [4.78, 5) is 10.5. The molecule has 0 fully saturated rings. The lowest BCUT2D eigenvalue weighted by Gasteiger charge is -2.09. The van der Waals surface area contributed by atoms with Gasteiger partial charge in [-0.15, -0.1) is 0 Å². The third-order valence-electron chi connectivity index (χ3n) is 2.37. The molecule has 2 rings (SSSR count). The average Bonchev–Trinajstić information content (AvgIpc) is 2.34. The lowest BCUT2D eigenvalue weighted by atomic mass is 10.2. The topological polar surface area (TPSA) is 38.2 Å². The molecule has 4 heteroatoms. The molecule has 1 radical (unpaired) electrons. The summed E-state index contributed by atoms with van der Waals surface area (Å²) in [5, 5.41) is 0.910. The van der Waals surface area contributed by atoms with Gasteiger partial charge in [0.05, 0.1) is 12.1 Å². The quantitative estimate of drug-likeness (QED) is 0.734. The predicted molar refractivity (Wildman–Crippen MR) is 67.0 cm³/mol. The molecule has 0 saturated heterocycles. The van der Waals surface area contributed by atoms with Crippen LogP contribution in [0.4, 0.5) is 0 Å². The maximum absolute atomic E-state index is 5.48. The molecule has 17 heavy (non-hydrogen) atoms. The van der Waals surface area contributed by atoms with Gasteiger partial charge in [-0.25, -0.2) is 0 Å². The number of ether oxygens (including phenoxy) is 1. The Kier molecular flexibility index (Phi) is 3.88. The van der Waals surface area contributed by atoms with Crippen LogP contribution in [0.1, 0.15) is 6.42 Å². The Morgan fingerprint density at radius 2 is 2.12 bits per heavy atom. The van der Waals surface area contributed by atoms with E-state index in [1.807, 2.05) is 38.4 Å². The molecule has 0 amide bonds. The van der Waals surface area contributed by atoms with Crippen LogP contribution in [0, 0.1) is 6.20 Å². The molecule has 4 nitrogen and oxygen atoms in total. The lowest BCUT2D eigenvalue weighted by Crippen LogP contribution is -2.15. The van der Waals surface area contributed by atoms with Crippen LogP contribution in [-0.4, -0.2) is 42.1 Å². The van der Waals surface area contributed by atoms with Gasteiger partial charge in [0, 0.05) is 11.9 Å². The van der Waals surface area contributed by atoms with Crippen molar-refractivity contribution in [1.29, 1.82) is 0 Å². The highest BCUT2D eigenvalue weighted by atomic mass is 16.5. The number of aromatic nitrogens is 2. The summed E-state index contributed by atoms with van der Waals surface area (Å²) in [6, 6.07) is 8.16. The molecule has 0 unspecified atom stereocenters. The Hall–Kier alpha value is -1.68. The first-order valence-corrected chi connectivity index (χ1v) is 5.68. The Morgan fingerprint density at radius 3 is 2.94 bits per heavy atom. The summed E-state index contributed by atoms with van der Waals surface area (Å²) >= 11 is 0. The van der Waals surface area contributed by atoms with E-state index < -0.39 is 0 Å². The van der Waals surface area contributed by atoms with E-state index in [9.17, 15) is 0 Å². The van der Waals surface area contributed by atoms with E-state index in [1.54, 1.807) is 0 Å². The zero-order valence-corrected chi connectivity index (χ0v) is 10.2. The predicted octanol–water partition coefficient (Wildman–Crippen LogP) is 1.76. The molecule has 89 valence electrons. The highest BCUT2D eigenvalue weighted by molar-refractivity contribution is 5.76. The number of benzene rings is 1. The van der Waals surface area contributed by atoms with Crippen LogP contribution in [0.25, 0.3) is 10.9 Å². The largest absolute Gasteiger partial charge is 0.463 e. The van der Waals surface area contributed by atoms with Crippen LogP contribution in [0.5, 0.6) is 6.01 Å². The second kappa shape index (κ2) is 5.59. The third-order valence-corrected chi connectivity index (χ3v) is 2.37. The van der Waals surface area contributed by atoms with Crippen molar-refractivity contribution in [3.05, 3.63) is 30.5 Å². The highest BCUT2D eigenvalue weighted by Gasteiger charge is 2.00. The average molecular weight is 230 g/mol. The lowest BCUT2D eigenvalue weighted by molar-refractivity contribution is 0.264. The zero-order valence-electron chi connectivity index (χ0n) is 10.2. The molecule has 0 aliphatic carbocycles. The van der Waals surface area contributed by atoms with E-state index in [1.165, 1.54) is 0 Å². The minimum Gasteiger partial charge on any atom is -0.463 e. The van der Waals surface area contributed by atoms with E-state index in [-0.39, 0.29) is 0 Å². The Balaban J connectivity index is 1.95. The van der Waals surface area contributed by atoms with Gasteiger partial charge in [0.1, 0.15) is 6.20 Å². The molecule has 0 spiro atoms. The summed E-state index contributed by atoms with van der Waals surface area (Å²) in [5.41, 5.74) is 0.866. The van der Waals surface area contributed by atoms with E-state index >= 15 is 0 Å². The van der Waals surface area contributed by atoms with Crippen molar-refractivity contribution in [2.75, 3.05) is 27.2 Å². The number of rotatable bonds is 5. The summed E-state index contributed by atoms with van der Waals surface area (Å²) in [6.07, 6.45) is 3.88. The standard InChI is InChI=1S/C13H16N3O/c1-16(2)8-5-9-17-13-14-10-11-6-3-4-7-12(11)15-13/h3-4,6-7H,5,8-9H2,1-2H3. The SMILES string of the molecule is CN(C)CCCOc1n[c]c2ccccc2n1. The number of para-hydroxylation sites is 1. The van der Waals surface area contributed by atoms with Crippen molar-refractivity contribution in [2.24, 2.45) is 0 Å². The smallest absolute Gasteiger partial charge is 0.317 e. The maximum Gasteiger partial charge on any atom is 0.317 e. The summed E-state index contributed by atoms with van der Waals surface area (Å²) in [5.74, 6) is 0. The second-order valence-electron chi connectivity index (χ2n) is 4.14. The molecule has 0 aliphatic heterocycles. The number of nitrogens with zero attached hydrogens (tertiary/aromatic N) is 3. The first-order chi connectivity index (χ1) is 8.25. The Bertz CT molecular complexity index is 485. The molecular weight excluding hydrogens is 214 g/mol. The second-order valence-corrected chi connectivity index (χ2v) is 4.14. The molecule has 0 saturated carbocycles. The molecule has 0 atom stereocenters. The Labute approximate surface area is 101 Å². The van der Waals surface area contributed by atoms with Crippen LogP contribution in [0.15, 0.2) is 24.3 Å². The molecule has 1 aromatic heterocycles. The first-order valence-electron chi connectivity index (χ1n) is 5.68. The van der Waals surface area contributed by atoms with Gasteiger partial charge < -0.3 is 9.64 Å². The minimum atomic E-state index is 0.405. The molecule has 2 aromatic rings. The number of hydrogen-bond donors (Lipinski definition) is 0. The van der Waals surface area contributed by atoms with Gasteiger partial charge in [-0.3, -0.25) is 0 Å². The van der Waals surface area contributed by atoms with Crippen molar-refractivity contribution >= 4 is 10.9 Å². The highest BCUT2D eigenvalue weighted by Crippen LogP contribution is 2.12. The van der Waals surface area contributed by atoms with Gasteiger partial charge in [-0.1, -0.05) is 18.2 Å². The van der Waals surface area contributed by atoms with Crippen LogP contribution < -0.4 is 4.74 Å². The van der Waals surface area contributed by atoms with Gasteiger partial charge >= 0.3 is 6.01 Å². The molecule has 0 bridgehead atoms. The maximum atomic E-state index is 5.48. The van der Waals surface area contributed by atoms with E-state index in [4.69, 9.17) is 4.74 Å². The van der Waals surface area contributed by atoms with E-state index in [0.717, 1.165) is 23.9 Å². The van der Waals surface area contributed by atoms with Crippen LogP contribution >= 0.6 is 0 Å². The van der Waals surface area contributed by atoms with Gasteiger partial charge in [-0.2, -0.15) is 9.97 Å². The van der Waals surface area contributed by atoms with Crippen molar-refractivity contribution in [3.63, 3.8) is 0 Å². The number of hydrogen-bond acceptors (Lipinski definition) is 4. The van der Waals surface area contributed by atoms with Crippen molar-refractivity contribution in [3.8, 4) is 6.01 Å². The van der Waals surface area contributed by atoms with E-state index in [0.29, 0.717) is 12.6 Å². The molecular formula is C13H16N3O. The minimum absolute atomic E-state index is 0.405. The van der Waals surface area contributed by atoms with Crippen molar-refractivity contribution in [1.82, 2.24) is 14.9 Å². The van der Waals surface area contributed by atoms with Crippen LogP contribution in [0.2, 0.25) is 0 Å². The number of fused-ring (bicyclic) bond motifs is 1. The fraction of sp³-hybridized carbons (Fsp3) is 0.385. The van der Waals surface area contributed by atoms with Gasteiger partial charge in [0.25, 0.3) is 0 Å². The molecule has 0 N–H and O–H groups in total. The van der Waals surface area contributed by atoms with Crippen molar-refractivity contribution < 1.29 is 4.74 Å². The molecule has 0 aliphatic rings. The van der Waals surface area contributed by atoms with Gasteiger partial charge in [0.2, 0.25) is 0 Å². The van der Waals surface area contributed by atoms with Crippen LogP contribution in [-0.2, 0) is 0 Å².